The van der Waals surface area contributed by atoms with Gasteiger partial charge in [-0.1, -0.05) is 194 Å². The van der Waals surface area contributed by atoms with E-state index in [1.54, 1.807) is 0 Å². The number of rotatable bonds is 49. The molecule has 0 saturated carbocycles. The number of carboxylic acids is 1. The topological polar surface area (TPSA) is 175 Å². The van der Waals surface area contributed by atoms with Crippen molar-refractivity contribution in [2.45, 2.75) is 263 Å². The third kappa shape index (κ3) is 42.1. The molecule has 1 aliphatic rings. The van der Waals surface area contributed by atoms with Gasteiger partial charge < -0.3 is 39.0 Å². The molecular formula is C65H104O12. The Hall–Kier alpha value is -4.62. The maximum absolute atomic E-state index is 13.1. The van der Waals surface area contributed by atoms with E-state index in [-0.39, 0.29) is 25.9 Å². The molecule has 1 fully saturated rings. The summed E-state index contributed by atoms with van der Waals surface area (Å²) in [6.07, 6.45) is 57.7. The summed E-state index contributed by atoms with van der Waals surface area (Å²) in [5.41, 5.74) is 0. The number of aliphatic hydroxyl groups is 2. The molecular weight excluding hydrogens is 973 g/mol. The lowest BCUT2D eigenvalue weighted by Crippen LogP contribution is -2.61. The largest absolute Gasteiger partial charge is 0.479 e. The third-order valence-electron chi connectivity index (χ3n) is 12.8. The molecule has 0 spiro atoms. The Labute approximate surface area is 465 Å². The highest BCUT2D eigenvalue weighted by atomic mass is 16.7. The normalized spacial score (nSPS) is 18.8. The van der Waals surface area contributed by atoms with Crippen molar-refractivity contribution in [3.05, 3.63) is 109 Å². The average molecular weight is 1080 g/mol. The van der Waals surface area contributed by atoms with E-state index in [2.05, 4.69) is 130 Å². The number of esters is 3. The van der Waals surface area contributed by atoms with Gasteiger partial charge in [0.05, 0.1) is 6.61 Å². The zero-order valence-corrected chi connectivity index (χ0v) is 47.9. The molecule has 0 aliphatic carbocycles. The molecule has 1 saturated heterocycles. The maximum Gasteiger partial charge on any atom is 0.335 e. The average Bonchev–Trinajstić information content (AvgIpc) is 3.43. The second-order valence-electron chi connectivity index (χ2n) is 19.9. The summed E-state index contributed by atoms with van der Waals surface area (Å²) < 4.78 is 28.4. The maximum atomic E-state index is 13.1. The summed E-state index contributed by atoms with van der Waals surface area (Å²) in [5, 5.41) is 31.5. The fourth-order valence-corrected chi connectivity index (χ4v) is 8.28. The molecule has 1 aliphatic heterocycles. The van der Waals surface area contributed by atoms with Crippen molar-refractivity contribution in [1.29, 1.82) is 0 Å². The summed E-state index contributed by atoms with van der Waals surface area (Å²) in [4.78, 5) is 51.2. The number of carbonyl (C=O) groups excluding carboxylic acids is 3. The van der Waals surface area contributed by atoms with Crippen LogP contribution in [0.5, 0.6) is 0 Å². The molecule has 1 rings (SSSR count). The molecule has 0 radical (unpaired) electrons. The van der Waals surface area contributed by atoms with E-state index in [4.69, 9.17) is 23.7 Å². The quantitative estimate of drug-likeness (QED) is 0.0228. The van der Waals surface area contributed by atoms with E-state index in [9.17, 15) is 34.5 Å². The molecule has 0 aromatic rings. The first-order valence-electron chi connectivity index (χ1n) is 29.9. The summed E-state index contributed by atoms with van der Waals surface area (Å²) in [6.45, 7) is 5.68. The van der Waals surface area contributed by atoms with Gasteiger partial charge in [-0.3, -0.25) is 14.4 Å². The Balaban J connectivity index is 2.74. The highest BCUT2D eigenvalue weighted by molar-refractivity contribution is 5.74. The van der Waals surface area contributed by atoms with E-state index < -0.39 is 67.3 Å². The van der Waals surface area contributed by atoms with Crippen LogP contribution in [0.2, 0.25) is 0 Å². The molecule has 6 unspecified atom stereocenters. The second kappa shape index (κ2) is 52.1. The van der Waals surface area contributed by atoms with Crippen LogP contribution in [-0.4, -0.2) is 89.2 Å². The number of aliphatic hydroxyl groups excluding tert-OH is 2. The zero-order valence-electron chi connectivity index (χ0n) is 47.9. The monoisotopic (exact) mass is 1080 g/mol. The van der Waals surface area contributed by atoms with Gasteiger partial charge in [0.15, 0.2) is 24.6 Å². The first-order chi connectivity index (χ1) is 37.6. The Kier molecular flexibility index (Phi) is 47.6. The number of hydrogen-bond acceptors (Lipinski definition) is 11. The minimum atomic E-state index is -1.92. The Morgan fingerprint density at radius 1 is 0.442 bits per heavy atom. The van der Waals surface area contributed by atoms with Crippen molar-refractivity contribution >= 4 is 23.9 Å². The highest BCUT2D eigenvalue weighted by Gasteiger charge is 2.50. The van der Waals surface area contributed by atoms with E-state index in [1.165, 1.54) is 38.5 Å². The number of allylic oxidation sites excluding steroid dienone is 18. The molecule has 0 aromatic heterocycles. The molecule has 0 aromatic carbocycles. The Morgan fingerprint density at radius 2 is 0.818 bits per heavy atom. The first-order valence-corrected chi connectivity index (χ1v) is 29.9. The summed E-state index contributed by atoms with van der Waals surface area (Å²) in [6, 6.07) is 0. The number of unbranched alkanes of at least 4 members (excludes halogenated alkanes) is 17. The van der Waals surface area contributed by atoms with Gasteiger partial charge in [0.1, 0.15) is 18.8 Å². The van der Waals surface area contributed by atoms with Crippen LogP contribution >= 0.6 is 0 Å². The van der Waals surface area contributed by atoms with E-state index in [0.29, 0.717) is 19.3 Å². The smallest absolute Gasteiger partial charge is 0.335 e. The fourth-order valence-electron chi connectivity index (χ4n) is 8.28. The Morgan fingerprint density at radius 3 is 1.27 bits per heavy atom. The molecule has 77 heavy (non-hydrogen) atoms. The minimum Gasteiger partial charge on any atom is -0.479 e. The minimum absolute atomic E-state index is 0.0299. The number of carboxylic acid groups (broad SMARTS) is 1. The van der Waals surface area contributed by atoms with Crippen LogP contribution in [0.3, 0.4) is 0 Å². The molecule has 1 heterocycles. The summed E-state index contributed by atoms with van der Waals surface area (Å²) in [7, 11) is 0. The predicted octanol–water partition coefficient (Wildman–Crippen LogP) is 15.4. The molecule has 0 bridgehead atoms. The van der Waals surface area contributed by atoms with Crippen molar-refractivity contribution in [3.63, 3.8) is 0 Å². The number of carbonyl (C=O) groups is 4. The van der Waals surface area contributed by atoms with Crippen molar-refractivity contribution < 1.29 is 58.2 Å². The van der Waals surface area contributed by atoms with E-state index >= 15 is 0 Å². The summed E-state index contributed by atoms with van der Waals surface area (Å²) in [5.74, 6) is -3.22. The van der Waals surface area contributed by atoms with E-state index in [0.717, 1.165) is 128 Å². The molecule has 3 N–H and O–H groups in total. The van der Waals surface area contributed by atoms with Crippen LogP contribution in [0.4, 0.5) is 0 Å². The number of ether oxygens (including phenoxy) is 5. The number of aliphatic carboxylic acids is 1. The van der Waals surface area contributed by atoms with E-state index in [1.807, 2.05) is 0 Å². The fraction of sp³-hybridized carbons (Fsp3) is 0.662. The van der Waals surface area contributed by atoms with Gasteiger partial charge in [0.25, 0.3) is 0 Å². The molecule has 12 nitrogen and oxygen atoms in total. The lowest BCUT2D eigenvalue weighted by molar-refractivity contribution is -0.301. The van der Waals surface area contributed by atoms with Crippen LogP contribution in [0.15, 0.2) is 109 Å². The highest BCUT2D eigenvalue weighted by Crippen LogP contribution is 2.26. The van der Waals surface area contributed by atoms with Gasteiger partial charge in [0, 0.05) is 19.3 Å². The SMILES string of the molecule is CC/C=C\C/C=C\C/C=C\C/C=C\CCCCC(=O)OC(COC(=O)CCCCCCCCC/C=C\C/C=C\CCCCC)COC1OC(C(=O)O)C(O)C(O)C1OC(=O)CCCCCCC/C=C\C/C=C\C/C=C\CC. The van der Waals surface area contributed by atoms with Gasteiger partial charge in [-0.25, -0.2) is 4.79 Å². The van der Waals surface area contributed by atoms with Crippen LogP contribution in [-0.2, 0) is 42.9 Å². The zero-order chi connectivity index (χ0) is 56.1. The number of hydrogen-bond donors (Lipinski definition) is 3. The summed E-state index contributed by atoms with van der Waals surface area (Å²) >= 11 is 0. The van der Waals surface area contributed by atoms with Crippen molar-refractivity contribution in [3.8, 4) is 0 Å². The lowest BCUT2D eigenvalue weighted by Gasteiger charge is -2.40. The van der Waals surface area contributed by atoms with Crippen LogP contribution in [0.25, 0.3) is 0 Å². The van der Waals surface area contributed by atoms with Crippen LogP contribution in [0.1, 0.15) is 226 Å². The second-order valence-corrected chi connectivity index (χ2v) is 19.9. The molecule has 12 heteroatoms. The van der Waals surface area contributed by atoms with Gasteiger partial charge in [-0.15, -0.1) is 0 Å². The predicted molar refractivity (Wildman–Crippen MR) is 312 cm³/mol. The Bertz CT molecular complexity index is 1750. The lowest BCUT2D eigenvalue weighted by atomic mass is 9.98. The van der Waals surface area contributed by atoms with Crippen molar-refractivity contribution in [1.82, 2.24) is 0 Å². The third-order valence-corrected chi connectivity index (χ3v) is 12.8. The van der Waals surface area contributed by atoms with Gasteiger partial charge in [-0.2, -0.15) is 0 Å². The van der Waals surface area contributed by atoms with Gasteiger partial charge >= 0.3 is 23.9 Å². The van der Waals surface area contributed by atoms with Crippen LogP contribution < -0.4 is 0 Å². The standard InChI is InChI=1S/C65H104O12/c1-4-7-10-13-16-19-22-25-28-29-32-33-36-39-42-45-48-51-57(66)73-54-56(75-58(67)52-49-46-43-40-37-34-30-26-23-20-17-14-11-8-5-2)55-74-65-63(61(70)60(69)62(77-65)64(71)72)76-59(68)53-50-47-44-41-38-35-31-27-24-21-18-15-12-9-6-3/h8-9,11-12,16-21,25-28,30-31,37,40,56,60-63,65,69-70H,4-7,10,13-15,22-24,29,32-36,38-39,41-55H2,1-3H3,(H,71,72)/b11-8-,12-9-,19-16-,20-17-,21-18-,28-25-,30-26-,31-27-,40-37-. The molecule has 6 atom stereocenters. The van der Waals surface area contributed by atoms with Crippen molar-refractivity contribution in [2.24, 2.45) is 0 Å². The van der Waals surface area contributed by atoms with Gasteiger partial charge in [0.2, 0.25) is 0 Å². The van der Waals surface area contributed by atoms with Crippen LogP contribution in [0, 0.1) is 0 Å². The first kappa shape index (κ1) is 70.4. The molecule has 436 valence electrons. The molecule has 0 amide bonds. The van der Waals surface area contributed by atoms with Crippen molar-refractivity contribution in [2.75, 3.05) is 13.2 Å². The van der Waals surface area contributed by atoms with Gasteiger partial charge in [-0.05, 0) is 122 Å².